The number of carbonyl (C=O) groups is 1. The normalized spacial score (nSPS) is 34.6. The third-order valence-corrected chi connectivity index (χ3v) is 7.29. The summed E-state index contributed by atoms with van der Waals surface area (Å²) in [5, 5.41) is 0. The highest BCUT2D eigenvalue weighted by molar-refractivity contribution is 7.99. The van der Waals surface area contributed by atoms with Gasteiger partial charge in [0.15, 0.2) is 0 Å². The molecule has 4 fully saturated rings. The van der Waals surface area contributed by atoms with Gasteiger partial charge in [0.1, 0.15) is 11.5 Å². The van der Waals surface area contributed by atoms with E-state index in [1.807, 2.05) is 18.2 Å². The number of thioether (sulfide) groups is 1. The third kappa shape index (κ3) is 2.93. The van der Waals surface area contributed by atoms with Crippen molar-refractivity contribution in [3.05, 3.63) is 29.8 Å². The van der Waals surface area contributed by atoms with Crippen molar-refractivity contribution < 1.29 is 9.53 Å². The highest BCUT2D eigenvalue weighted by Crippen LogP contribution is 2.60. The fraction of sp³-hybridized carbons (Fsp3) is 0.650. The summed E-state index contributed by atoms with van der Waals surface area (Å²) >= 11 is 1.76. The van der Waals surface area contributed by atoms with Crippen molar-refractivity contribution in [3.63, 3.8) is 0 Å². The van der Waals surface area contributed by atoms with Crippen LogP contribution < -0.4 is 4.74 Å². The molecule has 0 saturated heterocycles. The second-order valence-corrected chi connectivity index (χ2v) is 8.91. The van der Waals surface area contributed by atoms with Gasteiger partial charge in [0.25, 0.3) is 0 Å². The van der Waals surface area contributed by atoms with Gasteiger partial charge in [0.05, 0.1) is 12.9 Å². The van der Waals surface area contributed by atoms with Gasteiger partial charge >= 0.3 is 0 Å². The molecule has 0 heterocycles. The Morgan fingerprint density at radius 3 is 2.35 bits per heavy atom. The van der Waals surface area contributed by atoms with Crippen LogP contribution in [0.25, 0.3) is 0 Å². The van der Waals surface area contributed by atoms with Crippen LogP contribution in [0.4, 0.5) is 0 Å². The van der Waals surface area contributed by atoms with Crippen LogP contribution >= 0.6 is 11.8 Å². The van der Waals surface area contributed by atoms with Crippen LogP contribution in [0, 0.1) is 23.2 Å². The lowest BCUT2D eigenvalue weighted by Crippen LogP contribution is -2.50. The Morgan fingerprint density at radius 1 is 1.13 bits per heavy atom. The van der Waals surface area contributed by atoms with Crippen LogP contribution in [0.2, 0.25) is 0 Å². The molecule has 1 aromatic rings. The first-order chi connectivity index (χ1) is 11.2. The quantitative estimate of drug-likeness (QED) is 0.755. The van der Waals surface area contributed by atoms with Crippen molar-refractivity contribution in [2.45, 2.75) is 44.3 Å². The Morgan fingerprint density at radius 2 is 1.74 bits per heavy atom. The van der Waals surface area contributed by atoms with E-state index in [1.165, 1.54) is 44.1 Å². The van der Waals surface area contributed by atoms with E-state index in [2.05, 4.69) is 6.07 Å². The fourth-order valence-electron chi connectivity index (χ4n) is 5.68. The third-order valence-electron chi connectivity index (χ3n) is 6.31. The van der Waals surface area contributed by atoms with Crippen LogP contribution in [-0.4, -0.2) is 18.6 Å². The van der Waals surface area contributed by atoms with E-state index in [0.717, 1.165) is 29.3 Å². The molecule has 23 heavy (non-hydrogen) atoms. The van der Waals surface area contributed by atoms with Crippen molar-refractivity contribution >= 4 is 17.5 Å². The summed E-state index contributed by atoms with van der Waals surface area (Å²) in [4.78, 5) is 13.0. The van der Waals surface area contributed by atoms with Crippen molar-refractivity contribution in [1.29, 1.82) is 0 Å². The molecule has 0 atom stereocenters. The van der Waals surface area contributed by atoms with E-state index in [-0.39, 0.29) is 5.41 Å². The summed E-state index contributed by atoms with van der Waals surface area (Å²) in [5.41, 5.74) is 1.25. The number of benzene rings is 1. The van der Waals surface area contributed by atoms with Crippen molar-refractivity contribution in [2.24, 2.45) is 23.2 Å². The molecule has 0 amide bonds. The van der Waals surface area contributed by atoms with Gasteiger partial charge in [-0.2, -0.15) is 0 Å². The second-order valence-electron chi connectivity index (χ2n) is 7.93. The van der Waals surface area contributed by atoms with Crippen LogP contribution in [0.15, 0.2) is 24.3 Å². The first kappa shape index (κ1) is 15.6. The van der Waals surface area contributed by atoms with Gasteiger partial charge in [-0.25, -0.2) is 0 Å². The molecule has 4 aliphatic rings. The van der Waals surface area contributed by atoms with Crippen molar-refractivity contribution in [3.8, 4) is 5.75 Å². The molecule has 0 aromatic heterocycles. The van der Waals surface area contributed by atoms with E-state index in [0.29, 0.717) is 11.5 Å². The SMILES string of the molecule is COc1ccccc1CSCC(=O)C12CC3CC(CC(C3)C1)C2. The van der Waals surface area contributed by atoms with Gasteiger partial charge in [-0.15, -0.1) is 11.8 Å². The van der Waals surface area contributed by atoms with Gasteiger partial charge in [0.2, 0.25) is 0 Å². The number of ketones is 1. The lowest BCUT2D eigenvalue weighted by molar-refractivity contribution is -0.141. The molecule has 4 saturated carbocycles. The Balaban J connectivity index is 1.37. The predicted molar refractivity (Wildman–Crippen MR) is 94.8 cm³/mol. The molecular formula is C20H26O2S. The molecule has 124 valence electrons. The van der Waals surface area contributed by atoms with Crippen LogP contribution in [0.3, 0.4) is 0 Å². The minimum Gasteiger partial charge on any atom is -0.496 e. The molecule has 0 radical (unpaired) electrons. The summed E-state index contributed by atoms with van der Waals surface area (Å²) in [6, 6.07) is 8.13. The Bertz CT molecular complexity index is 560. The van der Waals surface area contributed by atoms with Crippen molar-refractivity contribution in [2.75, 3.05) is 12.9 Å². The first-order valence-electron chi connectivity index (χ1n) is 8.91. The molecule has 4 aliphatic carbocycles. The fourth-order valence-corrected chi connectivity index (χ4v) is 6.73. The van der Waals surface area contributed by atoms with Crippen LogP contribution in [0.5, 0.6) is 5.75 Å². The van der Waals surface area contributed by atoms with Gasteiger partial charge in [-0.05, 0) is 62.3 Å². The molecule has 0 N–H and O–H groups in total. The summed E-state index contributed by atoms with van der Waals surface area (Å²) < 4.78 is 5.40. The van der Waals surface area contributed by atoms with Gasteiger partial charge in [0, 0.05) is 16.7 Å². The maximum absolute atomic E-state index is 13.0. The predicted octanol–water partition coefficient (Wildman–Crippen LogP) is 4.71. The molecular weight excluding hydrogens is 304 g/mol. The number of hydrogen-bond donors (Lipinski definition) is 0. The zero-order valence-corrected chi connectivity index (χ0v) is 14.7. The molecule has 3 heteroatoms. The average Bonchev–Trinajstić information content (AvgIpc) is 2.54. The number of methoxy groups -OCH3 is 1. The van der Waals surface area contributed by atoms with Crippen LogP contribution in [-0.2, 0) is 10.5 Å². The summed E-state index contributed by atoms with van der Waals surface area (Å²) in [5.74, 6) is 5.56. The average molecular weight is 330 g/mol. The number of ether oxygens (including phenoxy) is 1. The molecule has 2 nitrogen and oxygen atoms in total. The zero-order chi connectivity index (χ0) is 15.9. The highest BCUT2D eigenvalue weighted by atomic mass is 32.2. The Labute approximate surface area is 143 Å². The van der Waals surface area contributed by atoms with E-state index in [9.17, 15) is 4.79 Å². The van der Waals surface area contributed by atoms with Crippen molar-refractivity contribution in [1.82, 2.24) is 0 Å². The molecule has 0 spiro atoms. The summed E-state index contributed by atoms with van der Waals surface area (Å²) in [6.45, 7) is 0. The Kier molecular flexibility index (Phi) is 4.17. The molecule has 0 aliphatic heterocycles. The number of rotatable bonds is 6. The molecule has 5 rings (SSSR count). The summed E-state index contributed by atoms with van der Waals surface area (Å²) in [6.07, 6.45) is 7.77. The largest absolute Gasteiger partial charge is 0.496 e. The number of carbonyl (C=O) groups excluding carboxylic acids is 1. The minimum atomic E-state index is 0.0581. The van der Waals surface area contributed by atoms with E-state index in [1.54, 1.807) is 18.9 Å². The number of hydrogen-bond acceptors (Lipinski definition) is 3. The summed E-state index contributed by atoms with van der Waals surface area (Å²) in [7, 11) is 1.71. The standard InChI is InChI=1S/C20H26O2S/c1-22-18-5-3-2-4-17(18)12-23-13-19(21)20-9-14-6-15(10-20)8-16(7-14)11-20/h2-5,14-16H,6-13H2,1H3. The monoisotopic (exact) mass is 330 g/mol. The second kappa shape index (κ2) is 6.16. The molecule has 4 bridgehead atoms. The van der Waals surface area contributed by atoms with E-state index < -0.39 is 0 Å². The zero-order valence-electron chi connectivity index (χ0n) is 13.9. The maximum Gasteiger partial charge on any atom is 0.148 e. The Hall–Kier alpha value is -0.960. The lowest BCUT2D eigenvalue weighted by atomic mass is 9.48. The number of para-hydroxylation sites is 1. The minimum absolute atomic E-state index is 0.0581. The van der Waals surface area contributed by atoms with Gasteiger partial charge in [-0.3, -0.25) is 4.79 Å². The van der Waals surface area contributed by atoms with E-state index in [4.69, 9.17) is 4.74 Å². The highest BCUT2D eigenvalue weighted by Gasteiger charge is 2.53. The smallest absolute Gasteiger partial charge is 0.148 e. The first-order valence-corrected chi connectivity index (χ1v) is 10.1. The molecule has 0 unspecified atom stereocenters. The van der Waals surface area contributed by atoms with E-state index >= 15 is 0 Å². The van der Waals surface area contributed by atoms with Crippen LogP contribution in [0.1, 0.15) is 44.1 Å². The van der Waals surface area contributed by atoms with Gasteiger partial charge in [-0.1, -0.05) is 18.2 Å². The topological polar surface area (TPSA) is 26.3 Å². The maximum atomic E-state index is 13.0. The number of Topliss-reactive ketones (excluding diaryl/α,β-unsaturated/α-hetero) is 1. The lowest BCUT2D eigenvalue weighted by Gasteiger charge is -2.56. The van der Waals surface area contributed by atoms with Gasteiger partial charge < -0.3 is 4.74 Å². The molecule has 1 aromatic carbocycles.